The first-order valence-corrected chi connectivity index (χ1v) is 10.4. The minimum atomic E-state index is -0.0927. The summed E-state index contributed by atoms with van der Waals surface area (Å²) >= 11 is 0. The summed E-state index contributed by atoms with van der Waals surface area (Å²) in [6.45, 7) is 7.49. The van der Waals surface area contributed by atoms with E-state index in [-0.39, 0.29) is 11.8 Å². The molecule has 3 heterocycles. The number of amides is 1. The Morgan fingerprint density at radius 1 is 1.21 bits per heavy atom. The smallest absolute Gasteiger partial charge is 0.263 e. The Bertz CT molecular complexity index is 1010. The van der Waals surface area contributed by atoms with E-state index in [1.54, 1.807) is 0 Å². The standard InChI is InChI=1S/C22H27N5O2/c1-4-15-8-10-17(11-9-15)25-21(28)16-7-6-12-27(13-16)20-19-18(5-2)26-29-22(19)24-14(3)23-20/h8-11,16H,4-7,12-13H2,1-3H3,(H,25,28)/t16-/m1/s1. The number of aryl methyl sites for hydroxylation is 3. The molecular formula is C22H27N5O2. The summed E-state index contributed by atoms with van der Waals surface area (Å²) in [4.78, 5) is 24.1. The summed E-state index contributed by atoms with van der Waals surface area (Å²) in [7, 11) is 0. The van der Waals surface area contributed by atoms with Gasteiger partial charge in [0.05, 0.1) is 11.6 Å². The van der Waals surface area contributed by atoms with E-state index in [2.05, 4.69) is 44.4 Å². The van der Waals surface area contributed by atoms with E-state index in [4.69, 9.17) is 4.52 Å². The first-order valence-electron chi connectivity index (χ1n) is 10.4. The van der Waals surface area contributed by atoms with Crippen LogP contribution in [-0.4, -0.2) is 34.1 Å². The number of aromatic nitrogens is 3. The van der Waals surface area contributed by atoms with Crippen LogP contribution in [0.15, 0.2) is 28.8 Å². The van der Waals surface area contributed by atoms with Crippen molar-refractivity contribution < 1.29 is 9.32 Å². The van der Waals surface area contributed by atoms with Gasteiger partial charge in [0.2, 0.25) is 5.91 Å². The molecule has 1 N–H and O–H groups in total. The van der Waals surface area contributed by atoms with Gasteiger partial charge >= 0.3 is 0 Å². The van der Waals surface area contributed by atoms with Gasteiger partial charge in [0.25, 0.3) is 5.71 Å². The third-order valence-corrected chi connectivity index (χ3v) is 5.56. The Labute approximate surface area is 170 Å². The molecule has 1 saturated heterocycles. The monoisotopic (exact) mass is 393 g/mol. The number of piperidine rings is 1. The number of benzene rings is 1. The van der Waals surface area contributed by atoms with Gasteiger partial charge in [-0.15, -0.1) is 0 Å². The van der Waals surface area contributed by atoms with Crippen molar-refractivity contribution in [1.29, 1.82) is 0 Å². The molecule has 0 spiro atoms. The lowest BCUT2D eigenvalue weighted by Crippen LogP contribution is -2.41. The molecule has 7 heteroatoms. The highest BCUT2D eigenvalue weighted by atomic mass is 16.5. The molecule has 0 bridgehead atoms. The summed E-state index contributed by atoms with van der Waals surface area (Å²) in [5, 5.41) is 8.09. The fourth-order valence-corrected chi connectivity index (χ4v) is 3.92. The first-order chi connectivity index (χ1) is 14.1. The van der Waals surface area contributed by atoms with Crippen LogP contribution < -0.4 is 10.2 Å². The number of anilines is 2. The molecule has 29 heavy (non-hydrogen) atoms. The van der Waals surface area contributed by atoms with Crippen LogP contribution >= 0.6 is 0 Å². The zero-order valence-corrected chi connectivity index (χ0v) is 17.2. The summed E-state index contributed by atoms with van der Waals surface area (Å²) in [5.41, 5.74) is 3.48. The van der Waals surface area contributed by atoms with Crippen LogP contribution in [0.2, 0.25) is 0 Å². The van der Waals surface area contributed by atoms with Crippen molar-refractivity contribution >= 4 is 28.5 Å². The lowest BCUT2D eigenvalue weighted by Gasteiger charge is -2.33. The second kappa shape index (κ2) is 8.19. The van der Waals surface area contributed by atoms with E-state index in [1.807, 2.05) is 26.0 Å². The number of hydrogen-bond donors (Lipinski definition) is 1. The Morgan fingerprint density at radius 3 is 2.72 bits per heavy atom. The third kappa shape index (κ3) is 3.95. The molecule has 1 aromatic carbocycles. The fourth-order valence-electron chi connectivity index (χ4n) is 3.92. The predicted molar refractivity (Wildman–Crippen MR) is 113 cm³/mol. The lowest BCUT2D eigenvalue weighted by atomic mass is 9.96. The summed E-state index contributed by atoms with van der Waals surface area (Å²) < 4.78 is 5.42. The molecule has 0 unspecified atom stereocenters. The highest BCUT2D eigenvalue weighted by Crippen LogP contribution is 2.31. The van der Waals surface area contributed by atoms with E-state index in [0.717, 1.165) is 54.8 Å². The van der Waals surface area contributed by atoms with Crippen molar-refractivity contribution in [2.75, 3.05) is 23.3 Å². The highest BCUT2D eigenvalue weighted by molar-refractivity contribution is 5.94. The molecule has 0 aliphatic carbocycles. The van der Waals surface area contributed by atoms with Crippen LogP contribution in [0.25, 0.3) is 11.1 Å². The number of rotatable bonds is 5. The molecule has 1 aliphatic rings. The normalized spacial score (nSPS) is 16.9. The van der Waals surface area contributed by atoms with Gasteiger partial charge in [0.15, 0.2) is 0 Å². The Kier molecular flexibility index (Phi) is 5.47. The van der Waals surface area contributed by atoms with Crippen molar-refractivity contribution in [1.82, 2.24) is 15.1 Å². The van der Waals surface area contributed by atoms with Crippen molar-refractivity contribution in [2.45, 2.75) is 46.5 Å². The van der Waals surface area contributed by atoms with E-state index in [9.17, 15) is 4.79 Å². The number of carbonyl (C=O) groups is 1. The van der Waals surface area contributed by atoms with Crippen molar-refractivity contribution in [2.24, 2.45) is 5.92 Å². The molecule has 0 radical (unpaired) electrons. The molecule has 7 nitrogen and oxygen atoms in total. The van der Waals surface area contributed by atoms with E-state index < -0.39 is 0 Å². The molecule has 1 amide bonds. The van der Waals surface area contributed by atoms with E-state index in [1.165, 1.54) is 5.56 Å². The van der Waals surface area contributed by atoms with Gasteiger partial charge in [-0.3, -0.25) is 4.79 Å². The maximum absolute atomic E-state index is 12.9. The highest BCUT2D eigenvalue weighted by Gasteiger charge is 2.29. The van der Waals surface area contributed by atoms with Gasteiger partial charge in [-0.05, 0) is 50.3 Å². The van der Waals surface area contributed by atoms with Gasteiger partial charge < -0.3 is 14.7 Å². The number of nitrogens with one attached hydrogen (secondary N) is 1. The topological polar surface area (TPSA) is 84.2 Å². The van der Waals surface area contributed by atoms with Crippen molar-refractivity contribution in [3.05, 3.63) is 41.3 Å². The van der Waals surface area contributed by atoms with Crippen LogP contribution in [0.5, 0.6) is 0 Å². The number of carbonyl (C=O) groups excluding carboxylic acids is 1. The van der Waals surface area contributed by atoms with Crippen LogP contribution in [0.4, 0.5) is 11.5 Å². The number of nitrogens with zero attached hydrogens (tertiary/aromatic N) is 4. The second-order valence-corrected chi connectivity index (χ2v) is 7.58. The molecular weight excluding hydrogens is 366 g/mol. The Balaban J connectivity index is 1.54. The predicted octanol–water partition coefficient (Wildman–Crippen LogP) is 3.91. The zero-order chi connectivity index (χ0) is 20.4. The van der Waals surface area contributed by atoms with Crippen LogP contribution in [0.3, 0.4) is 0 Å². The van der Waals surface area contributed by atoms with E-state index in [0.29, 0.717) is 18.1 Å². The first kappa shape index (κ1) is 19.4. The Morgan fingerprint density at radius 2 is 2.00 bits per heavy atom. The SMILES string of the molecule is CCc1ccc(NC(=O)[C@@H]2CCCN(c3nc(C)nc4onc(CC)c34)C2)cc1. The summed E-state index contributed by atoms with van der Waals surface area (Å²) in [6.07, 6.45) is 3.54. The molecule has 1 fully saturated rings. The van der Waals surface area contributed by atoms with Gasteiger partial charge in [-0.1, -0.05) is 31.1 Å². The van der Waals surface area contributed by atoms with Crippen molar-refractivity contribution in [3.8, 4) is 0 Å². The average molecular weight is 393 g/mol. The number of hydrogen-bond acceptors (Lipinski definition) is 6. The molecule has 1 atom stereocenters. The minimum absolute atomic E-state index is 0.0574. The quantitative estimate of drug-likeness (QED) is 0.708. The van der Waals surface area contributed by atoms with E-state index >= 15 is 0 Å². The molecule has 4 rings (SSSR count). The van der Waals surface area contributed by atoms with Gasteiger partial charge in [-0.25, -0.2) is 4.98 Å². The molecule has 1 aliphatic heterocycles. The molecule has 0 saturated carbocycles. The Hall–Kier alpha value is -2.96. The third-order valence-electron chi connectivity index (χ3n) is 5.56. The van der Waals surface area contributed by atoms with Crippen molar-refractivity contribution in [3.63, 3.8) is 0 Å². The minimum Gasteiger partial charge on any atom is -0.355 e. The van der Waals surface area contributed by atoms with Crippen LogP contribution in [-0.2, 0) is 17.6 Å². The summed E-state index contributed by atoms with van der Waals surface area (Å²) in [5.74, 6) is 1.44. The fraction of sp³-hybridized carbons (Fsp3) is 0.455. The molecule has 2 aromatic heterocycles. The largest absolute Gasteiger partial charge is 0.355 e. The summed E-state index contributed by atoms with van der Waals surface area (Å²) in [6, 6.07) is 8.06. The maximum Gasteiger partial charge on any atom is 0.263 e. The lowest BCUT2D eigenvalue weighted by molar-refractivity contribution is -0.120. The zero-order valence-electron chi connectivity index (χ0n) is 17.2. The van der Waals surface area contributed by atoms with Crippen LogP contribution in [0, 0.1) is 12.8 Å². The molecule has 152 valence electrons. The second-order valence-electron chi connectivity index (χ2n) is 7.58. The average Bonchev–Trinajstić information content (AvgIpc) is 3.16. The molecule has 3 aromatic rings. The van der Waals surface area contributed by atoms with Gasteiger partial charge in [0.1, 0.15) is 17.0 Å². The van der Waals surface area contributed by atoms with Gasteiger partial charge in [-0.2, -0.15) is 4.98 Å². The number of fused-ring (bicyclic) bond motifs is 1. The maximum atomic E-state index is 12.9. The van der Waals surface area contributed by atoms with Gasteiger partial charge in [0, 0.05) is 18.8 Å². The van der Waals surface area contributed by atoms with Crippen LogP contribution in [0.1, 0.15) is 43.8 Å².